The second kappa shape index (κ2) is 7.56. The zero-order valence-corrected chi connectivity index (χ0v) is 16.6. The number of benzene rings is 1. The molecule has 1 aromatic carbocycles. The van der Waals surface area contributed by atoms with Gasteiger partial charge in [0.1, 0.15) is 12.1 Å². The van der Waals surface area contributed by atoms with Crippen molar-refractivity contribution in [3.63, 3.8) is 0 Å². The van der Waals surface area contributed by atoms with Crippen molar-refractivity contribution in [2.24, 2.45) is 0 Å². The van der Waals surface area contributed by atoms with Gasteiger partial charge in [0, 0.05) is 43.0 Å². The first-order valence-electron chi connectivity index (χ1n) is 9.69. The van der Waals surface area contributed by atoms with Crippen LogP contribution < -0.4 is 4.90 Å². The molecule has 1 fully saturated rings. The summed E-state index contributed by atoms with van der Waals surface area (Å²) in [6.07, 6.45) is 4.72. The van der Waals surface area contributed by atoms with Gasteiger partial charge >= 0.3 is 0 Å². The summed E-state index contributed by atoms with van der Waals surface area (Å²) < 4.78 is 1.86. The van der Waals surface area contributed by atoms with E-state index in [2.05, 4.69) is 70.0 Å². The van der Waals surface area contributed by atoms with E-state index < -0.39 is 0 Å². The number of hydrogen-bond acceptors (Lipinski definition) is 6. The Labute approximate surface area is 165 Å². The van der Waals surface area contributed by atoms with E-state index >= 15 is 0 Å². The molecule has 2 atom stereocenters. The first-order valence-corrected chi connectivity index (χ1v) is 9.69. The van der Waals surface area contributed by atoms with E-state index in [0.717, 1.165) is 47.6 Å². The summed E-state index contributed by atoms with van der Waals surface area (Å²) >= 11 is 0. The minimum Gasteiger partial charge on any atom is -0.353 e. The van der Waals surface area contributed by atoms with E-state index in [9.17, 15) is 0 Å². The zero-order valence-electron chi connectivity index (χ0n) is 16.6. The minimum absolute atomic E-state index is 0.468. The molecule has 144 valence electrons. The van der Waals surface area contributed by atoms with E-state index in [-0.39, 0.29) is 0 Å². The third-order valence-corrected chi connectivity index (χ3v) is 5.70. The van der Waals surface area contributed by atoms with Crippen molar-refractivity contribution in [1.82, 2.24) is 24.6 Å². The molecule has 0 radical (unpaired) electrons. The minimum atomic E-state index is 0.468. The highest BCUT2D eigenvalue weighted by Gasteiger charge is 2.27. The molecule has 0 saturated carbocycles. The summed E-state index contributed by atoms with van der Waals surface area (Å²) in [5.74, 6) is 1.69. The molecule has 7 heteroatoms. The first-order chi connectivity index (χ1) is 13.6. The van der Waals surface area contributed by atoms with Crippen molar-refractivity contribution < 1.29 is 0 Å². The summed E-state index contributed by atoms with van der Waals surface area (Å²) in [6, 6.07) is 11.4. The zero-order chi connectivity index (χ0) is 19.7. The van der Waals surface area contributed by atoms with Gasteiger partial charge in [0.25, 0.3) is 0 Å². The van der Waals surface area contributed by atoms with Crippen molar-refractivity contribution in [3.8, 4) is 11.9 Å². The van der Waals surface area contributed by atoms with Crippen molar-refractivity contribution in [1.29, 1.82) is 5.26 Å². The monoisotopic (exact) mass is 375 g/mol. The molecular weight excluding hydrogens is 350 g/mol. The highest BCUT2D eigenvalue weighted by molar-refractivity contribution is 5.80. The summed E-state index contributed by atoms with van der Waals surface area (Å²) in [6.45, 7) is 6.37. The molecule has 0 N–H and O–H groups in total. The number of likely N-dealkylation sites (N-methyl/N-ethyl adjacent to an activating group) is 1. The molecular formula is C21H25N7. The highest BCUT2D eigenvalue weighted by atomic mass is 15.3. The Balaban J connectivity index is 1.67. The summed E-state index contributed by atoms with van der Waals surface area (Å²) in [5, 5.41) is 14.5. The van der Waals surface area contributed by atoms with Crippen LogP contribution in [0.5, 0.6) is 0 Å². The lowest BCUT2D eigenvalue weighted by Crippen LogP contribution is -2.55. The number of nitriles is 1. The summed E-state index contributed by atoms with van der Waals surface area (Å²) in [7, 11) is 2.18. The van der Waals surface area contributed by atoms with Crippen LogP contribution in [0.2, 0.25) is 0 Å². The number of fused-ring (bicyclic) bond motifs is 1. The van der Waals surface area contributed by atoms with Gasteiger partial charge in [-0.2, -0.15) is 10.4 Å². The second-order valence-corrected chi connectivity index (χ2v) is 7.61. The lowest BCUT2D eigenvalue weighted by atomic mass is 10.1. The Morgan fingerprint density at radius 1 is 1.11 bits per heavy atom. The Morgan fingerprint density at radius 3 is 2.61 bits per heavy atom. The van der Waals surface area contributed by atoms with Gasteiger partial charge in [-0.1, -0.05) is 12.1 Å². The molecule has 3 aromatic rings. The van der Waals surface area contributed by atoms with E-state index in [1.807, 2.05) is 16.9 Å². The molecule has 3 heterocycles. The van der Waals surface area contributed by atoms with Gasteiger partial charge in [-0.15, -0.1) is 0 Å². The summed E-state index contributed by atoms with van der Waals surface area (Å²) in [4.78, 5) is 13.7. The van der Waals surface area contributed by atoms with Crippen LogP contribution in [0.15, 0.2) is 36.8 Å². The lowest BCUT2D eigenvalue weighted by molar-refractivity contribution is 0.169. The van der Waals surface area contributed by atoms with Crippen LogP contribution in [0.1, 0.15) is 25.8 Å². The topological polar surface area (TPSA) is 73.9 Å². The van der Waals surface area contributed by atoms with Crippen LogP contribution in [0.3, 0.4) is 0 Å². The van der Waals surface area contributed by atoms with E-state index in [4.69, 9.17) is 5.26 Å². The van der Waals surface area contributed by atoms with Crippen molar-refractivity contribution in [2.75, 3.05) is 25.0 Å². The molecule has 0 aliphatic carbocycles. The lowest BCUT2D eigenvalue weighted by Gasteiger charge is -2.42. The smallest absolute Gasteiger partial charge is 0.159 e. The first kappa shape index (κ1) is 18.4. The molecule has 4 rings (SSSR count). The molecule has 7 nitrogen and oxygen atoms in total. The fourth-order valence-corrected chi connectivity index (χ4v) is 3.82. The van der Waals surface area contributed by atoms with Gasteiger partial charge < -0.3 is 4.90 Å². The van der Waals surface area contributed by atoms with Crippen LogP contribution >= 0.6 is 0 Å². The second-order valence-electron chi connectivity index (χ2n) is 7.61. The van der Waals surface area contributed by atoms with E-state index in [1.165, 1.54) is 0 Å². The van der Waals surface area contributed by atoms with Crippen molar-refractivity contribution >= 4 is 16.7 Å². The van der Waals surface area contributed by atoms with Gasteiger partial charge in [-0.25, -0.2) is 14.6 Å². The standard InChI is InChI=1S/C21H25N7/c1-15-12-27(13-16(2)26(15)3)20-10-21(24-14-23-20)28-19-9-17(5-4-8-22)6-7-18(19)11-25-28/h6-7,9-11,14-16H,4-5,12-13H2,1-3H3/t15-,16+. The number of hydrogen-bond donors (Lipinski definition) is 0. The molecule has 0 amide bonds. The molecule has 28 heavy (non-hydrogen) atoms. The van der Waals surface area contributed by atoms with Crippen LogP contribution in [0.4, 0.5) is 5.82 Å². The van der Waals surface area contributed by atoms with Gasteiger partial charge in [-0.3, -0.25) is 4.90 Å². The van der Waals surface area contributed by atoms with Gasteiger partial charge in [0.05, 0.1) is 17.8 Å². The van der Waals surface area contributed by atoms with E-state index in [0.29, 0.717) is 18.5 Å². The van der Waals surface area contributed by atoms with Crippen LogP contribution in [-0.4, -0.2) is 56.9 Å². The van der Waals surface area contributed by atoms with Crippen LogP contribution in [0.25, 0.3) is 16.7 Å². The largest absolute Gasteiger partial charge is 0.353 e. The Kier molecular flexibility index (Phi) is 4.97. The maximum atomic E-state index is 8.85. The number of aromatic nitrogens is 4. The van der Waals surface area contributed by atoms with Crippen LogP contribution in [0, 0.1) is 11.3 Å². The average molecular weight is 375 g/mol. The third-order valence-electron chi connectivity index (χ3n) is 5.70. The van der Waals surface area contributed by atoms with Gasteiger partial charge in [0.2, 0.25) is 0 Å². The van der Waals surface area contributed by atoms with Crippen LogP contribution in [-0.2, 0) is 6.42 Å². The normalized spacial score (nSPS) is 20.4. The SMILES string of the molecule is C[C@@H]1CN(c2cc(-n3ncc4ccc(CCC#N)cc43)ncn2)C[C@H](C)N1C. The number of nitrogens with zero attached hydrogens (tertiary/aromatic N) is 7. The molecule has 0 bridgehead atoms. The maximum absolute atomic E-state index is 8.85. The molecule has 1 saturated heterocycles. The number of aryl methyl sites for hydroxylation is 1. The Bertz CT molecular complexity index is 1010. The molecule has 0 unspecified atom stereocenters. The fourth-order valence-electron chi connectivity index (χ4n) is 3.82. The molecule has 1 aliphatic heterocycles. The summed E-state index contributed by atoms with van der Waals surface area (Å²) in [5.41, 5.74) is 2.13. The molecule has 1 aliphatic rings. The van der Waals surface area contributed by atoms with Crippen molar-refractivity contribution in [2.45, 2.75) is 38.8 Å². The Hall–Kier alpha value is -2.98. The highest BCUT2D eigenvalue weighted by Crippen LogP contribution is 2.23. The maximum Gasteiger partial charge on any atom is 0.159 e. The Morgan fingerprint density at radius 2 is 1.86 bits per heavy atom. The quantitative estimate of drug-likeness (QED) is 0.698. The molecule has 2 aromatic heterocycles. The molecule has 0 spiro atoms. The van der Waals surface area contributed by atoms with E-state index in [1.54, 1.807) is 6.33 Å². The fraction of sp³-hybridized carbons (Fsp3) is 0.429. The number of anilines is 1. The van der Waals surface area contributed by atoms with Gasteiger partial charge in [0.15, 0.2) is 5.82 Å². The predicted octanol–water partition coefficient (Wildman–Crippen LogP) is 2.80. The average Bonchev–Trinajstić information content (AvgIpc) is 3.13. The third kappa shape index (κ3) is 3.43. The predicted molar refractivity (Wildman–Crippen MR) is 109 cm³/mol. The number of piperazine rings is 1. The van der Waals surface area contributed by atoms with Gasteiger partial charge in [-0.05, 0) is 38.9 Å². The van der Waals surface area contributed by atoms with Crippen molar-refractivity contribution in [3.05, 3.63) is 42.4 Å². The number of rotatable bonds is 4.